The van der Waals surface area contributed by atoms with Crippen molar-refractivity contribution in [2.75, 3.05) is 0 Å². The number of rotatable bonds is 7. The number of hydrogen-bond donors (Lipinski definition) is 2. The Labute approximate surface area is 217 Å². The number of nitrogens with one attached hydrogen (secondary N) is 2. The van der Waals surface area contributed by atoms with Crippen LogP contribution < -0.4 is 15.6 Å². The summed E-state index contributed by atoms with van der Waals surface area (Å²) >= 11 is 5.57. The van der Waals surface area contributed by atoms with Crippen LogP contribution in [0.4, 0.5) is 0 Å². The number of nitrogens with zero attached hydrogens (tertiary/aromatic N) is 2. The lowest BCUT2D eigenvalue weighted by Gasteiger charge is -2.16. The maximum Gasteiger partial charge on any atom is 0.133 e. The Morgan fingerprint density at radius 1 is 1.06 bits per heavy atom. The molecule has 0 saturated carbocycles. The molecule has 7 heteroatoms. The lowest BCUT2D eigenvalue weighted by molar-refractivity contribution is 0.306. The number of fused-ring (bicyclic) bond motifs is 1. The van der Waals surface area contributed by atoms with Crippen LogP contribution in [0.1, 0.15) is 36.0 Å². The number of hydrogen-bond acceptors (Lipinski definition) is 6. The summed E-state index contributed by atoms with van der Waals surface area (Å²) in [6.45, 7) is 4.53. The average molecular weight is 546 g/mol. The van der Waals surface area contributed by atoms with Crippen LogP contribution in [0.25, 0.3) is 21.2 Å². The van der Waals surface area contributed by atoms with E-state index in [0.717, 1.165) is 27.1 Å². The first-order valence-electron chi connectivity index (χ1n) is 11.4. The fraction of sp³-hybridized carbons (Fsp3) is 0.214. The van der Waals surface area contributed by atoms with E-state index in [2.05, 4.69) is 111 Å². The minimum Gasteiger partial charge on any atom is -0.489 e. The molecule has 0 fully saturated rings. The fourth-order valence-corrected chi connectivity index (χ4v) is 6.16. The molecule has 0 aliphatic carbocycles. The van der Waals surface area contributed by atoms with Crippen molar-refractivity contribution < 1.29 is 4.74 Å². The monoisotopic (exact) mass is 544 g/mol. The first kappa shape index (κ1) is 23.4. The molecule has 2 N–H and O–H groups in total. The minimum absolute atomic E-state index is 0.00611. The second-order valence-electron chi connectivity index (χ2n) is 8.45. The van der Waals surface area contributed by atoms with Crippen molar-refractivity contribution in [2.45, 2.75) is 39.0 Å². The molecular weight excluding hydrogens is 520 g/mol. The topological polar surface area (TPSA) is 58.0 Å². The lowest BCUT2D eigenvalue weighted by atomic mass is 9.95. The number of thiophene rings is 1. The molecule has 4 aromatic rings. The van der Waals surface area contributed by atoms with Crippen LogP contribution in [0.15, 0.2) is 81.0 Å². The van der Waals surface area contributed by atoms with Crippen molar-refractivity contribution in [3.8, 4) is 28.7 Å². The summed E-state index contributed by atoms with van der Waals surface area (Å²) in [5.41, 5.74) is 12.0. The van der Waals surface area contributed by atoms with Crippen LogP contribution in [-0.4, -0.2) is 6.17 Å². The van der Waals surface area contributed by atoms with Gasteiger partial charge in [-0.05, 0) is 76.3 Å². The predicted molar refractivity (Wildman–Crippen MR) is 146 cm³/mol. The van der Waals surface area contributed by atoms with Crippen LogP contribution in [0.5, 0.6) is 5.75 Å². The minimum atomic E-state index is -0.00611. The zero-order valence-electron chi connectivity index (χ0n) is 19.5. The summed E-state index contributed by atoms with van der Waals surface area (Å²) in [7, 11) is 0. The Balaban J connectivity index is 1.31. The van der Waals surface area contributed by atoms with Gasteiger partial charge in [0.25, 0.3) is 0 Å². The Hall–Kier alpha value is -3.34. The highest BCUT2D eigenvalue weighted by Crippen LogP contribution is 2.43. The summed E-state index contributed by atoms with van der Waals surface area (Å²) in [5.74, 6) is 7.25. The van der Waals surface area contributed by atoms with Crippen molar-refractivity contribution in [3.63, 3.8) is 0 Å². The maximum atomic E-state index is 6.15. The van der Waals surface area contributed by atoms with E-state index in [0.29, 0.717) is 6.61 Å². The lowest BCUT2D eigenvalue weighted by Crippen LogP contribution is -2.32. The Morgan fingerprint density at radius 2 is 1.83 bits per heavy atom. The fourth-order valence-electron chi connectivity index (χ4n) is 4.29. The second-order valence-corrected chi connectivity index (χ2v) is 10.8. The molecule has 0 saturated heterocycles. The van der Waals surface area contributed by atoms with Gasteiger partial charge in [0.1, 0.15) is 18.5 Å². The van der Waals surface area contributed by atoms with E-state index in [9.17, 15) is 0 Å². The smallest absolute Gasteiger partial charge is 0.133 e. The summed E-state index contributed by atoms with van der Waals surface area (Å²) in [5, 5.41) is 8.81. The average Bonchev–Trinajstić information content (AvgIpc) is 3.50. The number of halogens is 1. The van der Waals surface area contributed by atoms with Crippen molar-refractivity contribution in [1.82, 2.24) is 10.9 Å². The van der Waals surface area contributed by atoms with Crippen molar-refractivity contribution >= 4 is 37.4 Å². The number of ether oxygens (including phenoxy) is 1. The molecule has 0 bridgehead atoms. The van der Waals surface area contributed by atoms with E-state index in [1.807, 2.05) is 19.1 Å². The standard InChI is InChI=1S/C28H25BrN4OS/c1-3-6-21(16-26-30-32-33-31-26)20-10-12-22(13-11-20)34-17-19-9-14-25-24(15-19)27(28(29)35-25)23-8-5-4-7-18(23)2/h4-5,7-15,21,26H,16-17H2,1-2H3,(H,30,33)(H,31,32)/t21-/m0/s1. The molecule has 0 unspecified atom stereocenters. The third kappa shape index (κ3) is 5.19. The molecule has 5 nitrogen and oxygen atoms in total. The highest BCUT2D eigenvalue weighted by atomic mass is 79.9. The molecule has 1 atom stereocenters. The van der Waals surface area contributed by atoms with E-state index in [1.165, 1.54) is 26.8 Å². The Morgan fingerprint density at radius 3 is 2.57 bits per heavy atom. The van der Waals surface area contributed by atoms with Crippen LogP contribution in [-0.2, 0) is 6.61 Å². The van der Waals surface area contributed by atoms with Crippen LogP contribution in [0.2, 0.25) is 0 Å². The van der Waals surface area contributed by atoms with E-state index in [4.69, 9.17) is 4.74 Å². The molecule has 176 valence electrons. The van der Waals surface area contributed by atoms with Gasteiger partial charge >= 0.3 is 0 Å². The van der Waals surface area contributed by atoms with Gasteiger partial charge in [-0.2, -0.15) is 0 Å². The largest absolute Gasteiger partial charge is 0.489 e. The Bertz CT molecular complexity index is 1430. The van der Waals surface area contributed by atoms with E-state index < -0.39 is 0 Å². The second kappa shape index (κ2) is 10.5. The van der Waals surface area contributed by atoms with Crippen molar-refractivity contribution in [3.05, 3.63) is 87.2 Å². The molecule has 5 rings (SSSR count). The van der Waals surface area contributed by atoms with Crippen LogP contribution >= 0.6 is 27.3 Å². The maximum absolute atomic E-state index is 6.15. The highest BCUT2D eigenvalue weighted by molar-refractivity contribution is 9.11. The van der Waals surface area contributed by atoms with Crippen molar-refractivity contribution in [1.29, 1.82) is 0 Å². The molecule has 35 heavy (non-hydrogen) atoms. The summed E-state index contributed by atoms with van der Waals surface area (Å²) in [6.07, 6.45) is 0.765. The van der Waals surface area contributed by atoms with Crippen molar-refractivity contribution in [2.24, 2.45) is 10.4 Å². The SMILES string of the molecule is CC#C[C@@H](CC1NN=NN1)c1ccc(OCc2ccc3sc(Br)c(-c4ccccc4C)c3c2)cc1. The van der Waals surface area contributed by atoms with Crippen LogP contribution in [0, 0.1) is 18.8 Å². The zero-order chi connectivity index (χ0) is 24.2. The van der Waals surface area contributed by atoms with Gasteiger partial charge in [-0.15, -0.1) is 17.3 Å². The van der Waals surface area contributed by atoms with Gasteiger partial charge in [0, 0.05) is 28.0 Å². The van der Waals surface area contributed by atoms with Crippen LogP contribution in [0.3, 0.4) is 0 Å². The molecule has 3 aromatic carbocycles. The first-order valence-corrected chi connectivity index (χ1v) is 13.1. The van der Waals surface area contributed by atoms with Gasteiger partial charge in [-0.25, -0.2) is 0 Å². The molecule has 1 aromatic heterocycles. The van der Waals surface area contributed by atoms with Gasteiger partial charge in [-0.1, -0.05) is 58.8 Å². The molecule has 1 aliphatic rings. The van der Waals surface area contributed by atoms with Gasteiger partial charge in [0.15, 0.2) is 0 Å². The Kier molecular flexibility index (Phi) is 7.03. The zero-order valence-corrected chi connectivity index (χ0v) is 21.9. The van der Waals surface area contributed by atoms with E-state index in [-0.39, 0.29) is 12.1 Å². The molecule has 0 radical (unpaired) electrons. The molecule has 0 amide bonds. The molecular formula is C28H25BrN4OS. The highest BCUT2D eigenvalue weighted by Gasteiger charge is 2.19. The normalized spacial score (nSPS) is 13.7. The van der Waals surface area contributed by atoms with Gasteiger partial charge in [0.2, 0.25) is 0 Å². The summed E-state index contributed by atoms with van der Waals surface area (Å²) in [6, 6.07) is 23.3. The first-order chi connectivity index (χ1) is 17.1. The van der Waals surface area contributed by atoms with E-state index in [1.54, 1.807) is 11.3 Å². The number of aryl methyl sites for hydroxylation is 1. The van der Waals surface area contributed by atoms with Gasteiger partial charge in [0.05, 0.1) is 3.79 Å². The quantitative estimate of drug-likeness (QED) is 0.236. The molecule has 1 aliphatic heterocycles. The third-order valence-corrected chi connectivity index (χ3v) is 7.92. The molecule has 2 heterocycles. The summed E-state index contributed by atoms with van der Waals surface area (Å²) in [4.78, 5) is 0. The summed E-state index contributed by atoms with van der Waals surface area (Å²) < 4.78 is 8.57. The number of benzene rings is 3. The van der Waals surface area contributed by atoms with Gasteiger partial charge < -0.3 is 4.74 Å². The third-order valence-electron chi connectivity index (χ3n) is 6.08. The molecule has 0 spiro atoms. The van der Waals surface area contributed by atoms with Gasteiger partial charge in [-0.3, -0.25) is 10.9 Å². The predicted octanol–water partition coefficient (Wildman–Crippen LogP) is 7.52. The van der Waals surface area contributed by atoms with E-state index >= 15 is 0 Å².